The van der Waals surface area contributed by atoms with Gasteiger partial charge in [-0.3, -0.25) is 4.68 Å². The molecule has 0 radical (unpaired) electrons. The van der Waals surface area contributed by atoms with Crippen LogP contribution in [-0.4, -0.2) is 30.9 Å². The summed E-state index contributed by atoms with van der Waals surface area (Å²) in [6.45, 7) is -1.88. The number of nitrogen functional groups attached to an aromatic ring is 1. The number of rotatable bonds is 5. The average molecular weight is 287 g/mol. The highest BCUT2D eigenvalue weighted by Gasteiger charge is 2.29. The highest BCUT2D eigenvalue weighted by Crippen LogP contribution is 2.13. The van der Waals surface area contributed by atoms with E-state index < -0.39 is 22.9 Å². The number of anilines is 1. The molecule has 0 saturated heterocycles. The number of alkyl halides is 3. The summed E-state index contributed by atoms with van der Waals surface area (Å²) in [5.74, 6) is 0.230. The molecular formula is C7H12F3N5O2S. The minimum Gasteiger partial charge on any atom is -0.384 e. The Morgan fingerprint density at radius 1 is 1.44 bits per heavy atom. The normalized spacial score (nSPS) is 12.9. The first-order chi connectivity index (χ1) is 8.11. The van der Waals surface area contributed by atoms with Crippen LogP contribution in [0.25, 0.3) is 0 Å². The topological polar surface area (TPSA) is 102 Å². The summed E-state index contributed by atoms with van der Waals surface area (Å²) in [4.78, 5) is 0. The van der Waals surface area contributed by atoms with E-state index in [1.54, 1.807) is 7.05 Å². The monoisotopic (exact) mass is 287 g/mol. The molecule has 0 bridgehead atoms. The number of nitrogens with zero attached hydrogens (tertiary/aromatic N) is 2. The number of aromatic nitrogens is 2. The molecule has 0 spiro atoms. The van der Waals surface area contributed by atoms with Crippen LogP contribution in [0, 0.1) is 0 Å². The lowest BCUT2D eigenvalue weighted by Gasteiger charge is -2.09. The van der Waals surface area contributed by atoms with Crippen molar-refractivity contribution in [3.8, 4) is 0 Å². The van der Waals surface area contributed by atoms with Crippen LogP contribution in [-0.2, 0) is 23.8 Å². The van der Waals surface area contributed by atoms with Crippen LogP contribution in [0.4, 0.5) is 19.0 Å². The quantitative estimate of drug-likeness (QED) is 0.678. The third-order valence-electron chi connectivity index (χ3n) is 1.98. The zero-order chi connectivity index (χ0) is 14.0. The Labute approximate surface area is 101 Å². The minimum atomic E-state index is -4.61. The molecular weight excluding hydrogens is 275 g/mol. The van der Waals surface area contributed by atoms with Gasteiger partial charge in [-0.15, -0.1) is 0 Å². The molecule has 0 aliphatic carbocycles. The zero-order valence-corrected chi connectivity index (χ0v) is 10.1. The number of nitrogens with two attached hydrogens (primary N) is 1. The molecule has 11 heteroatoms. The molecule has 0 unspecified atom stereocenters. The van der Waals surface area contributed by atoms with Gasteiger partial charge in [0.1, 0.15) is 12.4 Å². The number of nitrogens with one attached hydrogen (secondary N) is 2. The van der Waals surface area contributed by atoms with Crippen molar-refractivity contribution >= 4 is 16.0 Å². The molecule has 0 saturated carbocycles. The van der Waals surface area contributed by atoms with Crippen molar-refractivity contribution in [2.75, 3.05) is 12.3 Å². The highest BCUT2D eigenvalue weighted by molar-refractivity contribution is 7.87. The molecule has 1 heterocycles. The van der Waals surface area contributed by atoms with Gasteiger partial charge in [-0.2, -0.15) is 36.1 Å². The van der Waals surface area contributed by atoms with Gasteiger partial charge in [0, 0.05) is 19.2 Å². The fourth-order valence-corrected chi connectivity index (χ4v) is 1.83. The van der Waals surface area contributed by atoms with Crippen molar-refractivity contribution in [3.05, 3.63) is 11.8 Å². The Bertz CT molecular complexity index is 510. The van der Waals surface area contributed by atoms with Gasteiger partial charge in [0.2, 0.25) is 0 Å². The second-order valence-corrected chi connectivity index (χ2v) is 5.02. The van der Waals surface area contributed by atoms with Crippen LogP contribution in [0.2, 0.25) is 0 Å². The lowest BCUT2D eigenvalue weighted by molar-refractivity contribution is -0.121. The molecule has 0 fully saturated rings. The summed E-state index contributed by atoms with van der Waals surface area (Å²) in [6.07, 6.45) is -3.29. The molecule has 0 aliphatic heterocycles. The summed E-state index contributed by atoms with van der Waals surface area (Å²) in [6, 6.07) is 0. The number of hydrogen-bond donors (Lipinski definition) is 3. The third-order valence-corrected chi connectivity index (χ3v) is 3.03. The molecule has 104 valence electrons. The van der Waals surface area contributed by atoms with Crippen LogP contribution in [0.15, 0.2) is 6.20 Å². The SMILES string of the molecule is Cn1ncc(CNS(=O)(=O)NCC(F)(F)F)c1N. The van der Waals surface area contributed by atoms with Crippen molar-refractivity contribution in [1.29, 1.82) is 0 Å². The molecule has 1 aromatic heterocycles. The predicted octanol–water partition coefficient (Wildman–Crippen LogP) is -0.511. The minimum absolute atomic E-state index is 0.230. The van der Waals surface area contributed by atoms with Gasteiger partial charge >= 0.3 is 6.18 Å². The summed E-state index contributed by atoms with van der Waals surface area (Å²) in [5.41, 5.74) is 5.91. The maximum absolute atomic E-state index is 11.8. The fourth-order valence-electron chi connectivity index (χ4n) is 1.03. The van der Waals surface area contributed by atoms with E-state index in [1.165, 1.54) is 15.6 Å². The lowest BCUT2D eigenvalue weighted by atomic mass is 10.3. The Morgan fingerprint density at radius 3 is 2.50 bits per heavy atom. The Morgan fingerprint density at radius 2 is 2.06 bits per heavy atom. The maximum Gasteiger partial charge on any atom is 0.402 e. The fraction of sp³-hybridized carbons (Fsp3) is 0.571. The number of hydrogen-bond acceptors (Lipinski definition) is 4. The number of aryl methyl sites for hydroxylation is 1. The van der Waals surface area contributed by atoms with Gasteiger partial charge in [0.05, 0.1) is 6.20 Å². The van der Waals surface area contributed by atoms with Crippen molar-refractivity contribution < 1.29 is 21.6 Å². The lowest BCUT2D eigenvalue weighted by Crippen LogP contribution is -2.41. The summed E-state index contributed by atoms with van der Waals surface area (Å²) in [5, 5.41) is 3.76. The van der Waals surface area contributed by atoms with E-state index in [1.807, 2.05) is 4.72 Å². The number of halogens is 3. The average Bonchev–Trinajstić information content (AvgIpc) is 2.54. The van der Waals surface area contributed by atoms with Crippen molar-refractivity contribution in [3.63, 3.8) is 0 Å². The van der Waals surface area contributed by atoms with Gasteiger partial charge in [0.25, 0.3) is 10.2 Å². The van der Waals surface area contributed by atoms with Gasteiger partial charge in [0.15, 0.2) is 0 Å². The molecule has 1 rings (SSSR count). The zero-order valence-electron chi connectivity index (χ0n) is 9.32. The van der Waals surface area contributed by atoms with Crippen molar-refractivity contribution in [2.24, 2.45) is 7.05 Å². The first-order valence-electron chi connectivity index (χ1n) is 4.68. The smallest absolute Gasteiger partial charge is 0.384 e. The molecule has 18 heavy (non-hydrogen) atoms. The van der Waals surface area contributed by atoms with E-state index in [0.717, 1.165) is 0 Å². The predicted molar refractivity (Wildman–Crippen MR) is 57.4 cm³/mol. The first kappa shape index (κ1) is 14.7. The van der Waals surface area contributed by atoms with Crippen LogP contribution >= 0.6 is 0 Å². The third kappa shape index (κ3) is 4.50. The summed E-state index contributed by atoms with van der Waals surface area (Å²) in [7, 11) is -2.68. The van der Waals surface area contributed by atoms with Gasteiger partial charge in [-0.05, 0) is 0 Å². The summed E-state index contributed by atoms with van der Waals surface area (Å²) < 4.78 is 62.4. The van der Waals surface area contributed by atoms with Crippen LogP contribution in [0.1, 0.15) is 5.56 Å². The second-order valence-electron chi connectivity index (χ2n) is 3.44. The maximum atomic E-state index is 11.8. The molecule has 1 aromatic rings. The van der Waals surface area contributed by atoms with Crippen LogP contribution in [0.5, 0.6) is 0 Å². The van der Waals surface area contributed by atoms with E-state index in [-0.39, 0.29) is 12.4 Å². The van der Waals surface area contributed by atoms with E-state index >= 15 is 0 Å². The first-order valence-corrected chi connectivity index (χ1v) is 6.16. The standard InChI is InChI=1S/C7H12F3N5O2S/c1-15-6(11)5(2-12-15)3-13-18(16,17)14-4-7(8,9)10/h2,13-14H,3-4,11H2,1H3. The van der Waals surface area contributed by atoms with E-state index in [4.69, 9.17) is 5.73 Å². The Balaban J connectivity index is 2.55. The van der Waals surface area contributed by atoms with E-state index in [2.05, 4.69) is 5.10 Å². The van der Waals surface area contributed by atoms with E-state index in [0.29, 0.717) is 5.56 Å². The van der Waals surface area contributed by atoms with Crippen LogP contribution < -0.4 is 15.2 Å². The molecule has 0 atom stereocenters. The molecule has 7 nitrogen and oxygen atoms in total. The second kappa shape index (κ2) is 5.12. The molecule has 4 N–H and O–H groups in total. The molecule has 0 aromatic carbocycles. The van der Waals surface area contributed by atoms with Crippen molar-refractivity contribution in [2.45, 2.75) is 12.7 Å². The van der Waals surface area contributed by atoms with Crippen molar-refractivity contribution in [1.82, 2.24) is 19.2 Å². The largest absolute Gasteiger partial charge is 0.402 e. The van der Waals surface area contributed by atoms with Gasteiger partial charge < -0.3 is 5.73 Å². The molecule has 0 amide bonds. The summed E-state index contributed by atoms with van der Waals surface area (Å²) >= 11 is 0. The van der Waals surface area contributed by atoms with Crippen LogP contribution in [0.3, 0.4) is 0 Å². The Kier molecular flexibility index (Phi) is 4.19. The van der Waals surface area contributed by atoms with Gasteiger partial charge in [-0.25, -0.2) is 0 Å². The molecule has 0 aliphatic rings. The highest BCUT2D eigenvalue weighted by atomic mass is 32.2. The van der Waals surface area contributed by atoms with E-state index in [9.17, 15) is 21.6 Å². The van der Waals surface area contributed by atoms with Gasteiger partial charge in [-0.1, -0.05) is 0 Å². The Hall–Kier alpha value is -1.33.